The van der Waals surface area contributed by atoms with Gasteiger partial charge in [0.2, 0.25) is 0 Å². The second kappa shape index (κ2) is 5.18. The Labute approximate surface area is 89.1 Å². The maximum absolute atomic E-state index is 12.5. The molecule has 0 amide bonds. The lowest BCUT2D eigenvalue weighted by molar-refractivity contribution is -0.138. The highest BCUT2D eigenvalue weighted by molar-refractivity contribution is 5.50. The summed E-state index contributed by atoms with van der Waals surface area (Å²) in [7, 11) is 0. The molecule has 7 heteroatoms. The van der Waals surface area contributed by atoms with Gasteiger partial charge >= 0.3 is 6.18 Å². The molecule has 0 unspecified atom stereocenters. The van der Waals surface area contributed by atoms with E-state index in [9.17, 15) is 13.2 Å². The van der Waals surface area contributed by atoms with Gasteiger partial charge in [-0.25, -0.2) is 0 Å². The van der Waals surface area contributed by atoms with Crippen molar-refractivity contribution >= 4 is 6.08 Å². The number of aromatic nitrogens is 1. The van der Waals surface area contributed by atoms with Crippen LogP contribution in [0.15, 0.2) is 29.5 Å². The molecule has 84 valence electrons. The highest BCUT2D eigenvalue weighted by atomic mass is 19.4. The largest absolute Gasteiger partial charge is 0.418 e. The molecule has 4 nitrogen and oxygen atoms in total. The average Bonchev–Trinajstić information content (AvgIpc) is 2.24. The van der Waals surface area contributed by atoms with Gasteiger partial charge in [0.05, 0.1) is 11.3 Å². The van der Waals surface area contributed by atoms with Crippen LogP contribution in [0.5, 0.6) is 0 Å². The van der Waals surface area contributed by atoms with Crippen LogP contribution >= 0.6 is 0 Å². The quantitative estimate of drug-likeness (QED) is 0.444. The summed E-state index contributed by atoms with van der Waals surface area (Å²) in [6, 6.07) is 2.16. The Balaban J connectivity index is 2.96. The predicted octanol–water partition coefficient (Wildman–Crippen LogP) is 3.42. The lowest BCUT2D eigenvalue weighted by Crippen LogP contribution is -2.08. The number of rotatable bonds is 3. The van der Waals surface area contributed by atoms with Crippen LogP contribution in [0.1, 0.15) is 11.3 Å². The van der Waals surface area contributed by atoms with Gasteiger partial charge in [0.15, 0.2) is 0 Å². The van der Waals surface area contributed by atoms with Crippen LogP contribution in [0.25, 0.3) is 16.5 Å². The number of hydrogen-bond donors (Lipinski definition) is 0. The standard InChI is InChI=1S/C9H7F3N4/c10-9(11,12)7-3-1-5-14-8(7)4-2-6-15-16-13/h1-5H,6H2. The Morgan fingerprint density at radius 3 is 2.88 bits per heavy atom. The molecule has 0 aliphatic rings. The summed E-state index contributed by atoms with van der Waals surface area (Å²) in [5.41, 5.74) is 6.97. The van der Waals surface area contributed by atoms with Gasteiger partial charge in [-0.3, -0.25) is 4.98 Å². The molecule has 0 saturated carbocycles. The van der Waals surface area contributed by atoms with E-state index in [1.807, 2.05) is 0 Å². The van der Waals surface area contributed by atoms with E-state index in [4.69, 9.17) is 5.53 Å². The second-order valence-electron chi connectivity index (χ2n) is 2.75. The van der Waals surface area contributed by atoms with Crippen molar-refractivity contribution in [2.45, 2.75) is 6.18 Å². The minimum Gasteiger partial charge on any atom is -0.256 e. The summed E-state index contributed by atoms with van der Waals surface area (Å²) in [6.45, 7) is -0.00955. The normalized spacial score (nSPS) is 11.4. The number of azide groups is 1. The molecule has 0 fully saturated rings. The van der Waals surface area contributed by atoms with Gasteiger partial charge in [-0.15, -0.1) is 0 Å². The molecule has 0 atom stereocenters. The molecule has 0 bridgehead atoms. The fourth-order valence-corrected chi connectivity index (χ4v) is 1.04. The highest BCUT2D eigenvalue weighted by Crippen LogP contribution is 2.31. The molecule has 0 saturated heterocycles. The average molecular weight is 228 g/mol. The third-order valence-corrected chi connectivity index (χ3v) is 1.67. The fraction of sp³-hybridized carbons (Fsp3) is 0.222. The Hall–Kier alpha value is -2.01. The van der Waals surface area contributed by atoms with Crippen molar-refractivity contribution in [3.8, 4) is 0 Å². The molecular formula is C9H7F3N4. The summed E-state index contributed by atoms with van der Waals surface area (Å²) >= 11 is 0. The number of alkyl halides is 3. The Morgan fingerprint density at radius 2 is 2.25 bits per heavy atom. The molecule has 0 N–H and O–H groups in total. The van der Waals surface area contributed by atoms with Crippen molar-refractivity contribution in [3.63, 3.8) is 0 Å². The summed E-state index contributed by atoms with van der Waals surface area (Å²) in [4.78, 5) is 6.07. The third kappa shape index (κ3) is 3.29. The first-order chi connectivity index (χ1) is 7.55. The van der Waals surface area contributed by atoms with Crippen LogP contribution in [0.3, 0.4) is 0 Å². The number of nitrogens with zero attached hydrogens (tertiary/aromatic N) is 4. The lowest BCUT2D eigenvalue weighted by Gasteiger charge is -2.08. The minimum absolute atomic E-state index is 0.00955. The maximum Gasteiger partial charge on any atom is 0.418 e. The summed E-state index contributed by atoms with van der Waals surface area (Å²) in [6.07, 6.45) is -0.677. The molecule has 0 aromatic carbocycles. The summed E-state index contributed by atoms with van der Waals surface area (Å²) < 4.78 is 37.4. The number of pyridine rings is 1. The Bertz CT molecular complexity index is 433. The van der Waals surface area contributed by atoms with Crippen molar-refractivity contribution in [2.24, 2.45) is 5.11 Å². The van der Waals surface area contributed by atoms with E-state index in [1.54, 1.807) is 0 Å². The first kappa shape index (κ1) is 12.1. The zero-order valence-corrected chi connectivity index (χ0v) is 8.02. The van der Waals surface area contributed by atoms with E-state index >= 15 is 0 Å². The van der Waals surface area contributed by atoms with Gasteiger partial charge in [0, 0.05) is 17.7 Å². The van der Waals surface area contributed by atoms with E-state index in [-0.39, 0.29) is 12.2 Å². The van der Waals surface area contributed by atoms with Crippen LogP contribution in [0, 0.1) is 0 Å². The second-order valence-corrected chi connectivity index (χ2v) is 2.75. The molecule has 1 heterocycles. The molecule has 0 aliphatic heterocycles. The van der Waals surface area contributed by atoms with Crippen molar-refractivity contribution in [1.82, 2.24) is 4.98 Å². The first-order valence-corrected chi connectivity index (χ1v) is 4.25. The van der Waals surface area contributed by atoms with Crippen LogP contribution in [-0.2, 0) is 6.18 Å². The molecule has 0 radical (unpaired) electrons. The summed E-state index contributed by atoms with van der Waals surface area (Å²) in [5, 5.41) is 3.16. The predicted molar refractivity (Wildman–Crippen MR) is 52.3 cm³/mol. The van der Waals surface area contributed by atoms with Crippen molar-refractivity contribution < 1.29 is 13.2 Å². The van der Waals surface area contributed by atoms with Gasteiger partial charge in [0.1, 0.15) is 0 Å². The molecule has 0 aliphatic carbocycles. The SMILES string of the molecule is [N-]=[N+]=NCC=Cc1ncccc1C(F)(F)F. The van der Waals surface area contributed by atoms with Gasteiger partial charge < -0.3 is 0 Å². The molecule has 1 aromatic rings. The van der Waals surface area contributed by atoms with Crippen LogP contribution in [0.2, 0.25) is 0 Å². The number of halogens is 3. The van der Waals surface area contributed by atoms with Gasteiger partial charge in [-0.05, 0) is 23.7 Å². The van der Waals surface area contributed by atoms with Crippen LogP contribution in [0.4, 0.5) is 13.2 Å². The smallest absolute Gasteiger partial charge is 0.256 e. The van der Waals surface area contributed by atoms with Crippen molar-refractivity contribution in [2.75, 3.05) is 6.54 Å². The molecule has 1 rings (SSSR count). The molecular weight excluding hydrogens is 221 g/mol. The zero-order chi connectivity index (χ0) is 12.0. The molecule has 0 spiro atoms. The van der Waals surface area contributed by atoms with Gasteiger partial charge in [-0.1, -0.05) is 11.2 Å². The monoisotopic (exact) mass is 228 g/mol. The first-order valence-electron chi connectivity index (χ1n) is 4.25. The van der Waals surface area contributed by atoms with Crippen molar-refractivity contribution in [1.29, 1.82) is 0 Å². The lowest BCUT2D eigenvalue weighted by atomic mass is 10.2. The van der Waals surface area contributed by atoms with Gasteiger partial charge in [-0.2, -0.15) is 13.2 Å². The third-order valence-electron chi connectivity index (χ3n) is 1.67. The summed E-state index contributed by atoms with van der Waals surface area (Å²) in [5.74, 6) is 0. The van der Waals surface area contributed by atoms with Crippen LogP contribution in [-0.4, -0.2) is 11.5 Å². The van der Waals surface area contributed by atoms with E-state index < -0.39 is 11.7 Å². The van der Waals surface area contributed by atoms with E-state index in [0.717, 1.165) is 6.07 Å². The zero-order valence-electron chi connectivity index (χ0n) is 8.02. The fourth-order valence-electron chi connectivity index (χ4n) is 1.04. The number of hydrogen-bond acceptors (Lipinski definition) is 2. The highest BCUT2D eigenvalue weighted by Gasteiger charge is 2.32. The molecule has 1 aromatic heterocycles. The van der Waals surface area contributed by atoms with E-state index in [1.165, 1.54) is 24.4 Å². The Morgan fingerprint density at radius 1 is 1.50 bits per heavy atom. The van der Waals surface area contributed by atoms with E-state index in [0.29, 0.717) is 0 Å². The van der Waals surface area contributed by atoms with Crippen LogP contribution < -0.4 is 0 Å². The minimum atomic E-state index is -4.44. The van der Waals surface area contributed by atoms with Gasteiger partial charge in [0.25, 0.3) is 0 Å². The van der Waals surface area contributed by atoms with E-state index in [2.05, 4.69) is 15.0 Å². The topological polar surface area (TPSA) is 61.7 Å². The molecule has 16 heavy (non-hydrogen) atoms. The maximum atomic E-state index is 12.5. The van der Waals surface area contributed by atoms with Crippen molar-refractivity contribution in [3.05, 3.63) is 46.1 Å². The Kier molecular flexibility index (Phi) is 3.90.